The summed E-state index contributed by atoms with van der Waals surface area (Å²) in [7, 11) is 4.19. The quantitative estimate of drug-likeness (QED) is 0.680. The van der Waals surface area contributed by atoms with Crippen LogP contribution in [0.4, 0.5) is 0 Å². The minimum atomic E-state index is -3.50. The molecule has 20 heavy (non-hydrogen) atoms. The van der Waals surface area contributed by atoms with Gasteiger partial charge in [-0.3, -0.25) is 0 Å². The maximum Gasteiger partial charge on any atom is 0.276 e. The number of likely N-dealkylation sites (tertiary alicyclic amines) is 2. The van der Waals surface area contributed by atoms with E-state index in [9.17, 15) is 8.42 Å². The molecule has 3 N–H and O–H groups in total. The number of hydrogen-bond acceptors (Lipinski definition) is 5. The van der Waals surface area contributed by atoms with Crippen molar-refractivity contribution >= 4 is 10.2 Å². The first kappa shape index (κ1) is 17.8. The van der Waals surface area contributed by atoms with Crippen LogP contribution in [0.5, 0.6) is 0 Å². The van der Waals surface area contributed by atoms with Gasteiger partial charge in [-0.05, 0) is 47.1 Å². The van der Waals surface area contributed by atoms with E-state index in [0.717, 1.165) is 25.6 Å². The number of nitrogens with one attached hydrogen (secondary N) is 1. The summed E-state index contributed by atoms with van der Waals surface area (Å²) in [4.78, 5) is 4.44. The van der Waals surface area contributed by atoms with Crippen LogP contribution < -0.4 is 10.5 Å². The van der Waals surface area contributed by atoms with E-state index in [1.807, 2.05) is 14.1 Å². The van der Waals surface area contributed by atoms with E-state index in [0.29, 0.717) is 0 Å². The molecule has 0 aromatic carbocycles. The highest BCUT2D eigenvalue weighted by molar-refractivity contribution is 7.86. The Bertz CT molecular complexity index is 389. The number of rotatable bonds is 3. The molecule has 0 aromatic heterocycles. The SMILES string of the molecule is CN1CCC(N(C)S(N)(=O)=O)C1.CNC1CCN(C)C1. The second-order valence-corrected chi connectivity index (χ2v) is 7.41. The van der Waals surface area contributed by atoms with E-state index in [1.54, 1.807) is 0 Å². The highest BCUT2D eigenvalue weighted by Gasteiger charge is 2.28. The number of nitrogens with zero attached hydrogens (tertiary/aromatic N) is 3. The van der Waals surface area contributed by atoms with E-state index in [1.165, 1.54) is 30.9 Å². The molecule has 2 aliphatic rings. The Morgan fingerprint density at radius 1 is 1.15 bits per heavy atom. The molecule has 120 valence electrons. The molecule has 0 aromatic rings. The van der Waals surface area contributed by atoms with Crippen LogP contribution in [0.3, 0.4) is 0 Å². The van der Waals surface area contributed by atoms with Gasteiger partial charge in [-0.2, -0.15) is 12.7 Å². The molecule has 0 saturated carbocycles. The van der Waals surface area contributed by atoms with Gasteiger partial charge in [0.25, 0.3) is 10.2 Å². The average molecular weight is 307 g/mol. The highest BCUT2D eigenvalue weighted by atomic mass is 32.2. The summed E-state index contributed by atoms with van der Waals surface area (Å²) in [6.45, 7) is 4.18. The molecule has 0 radical (unpaired) electrons. The maximum atomic E-state index is 10.9. The Morgan fingerprint density at radius 3 is 2.00 bits per heavy atom. The lowest BCUT2D eigenvalue weighted by Crippen LogP contribution is -2.42. The molecule has 2 rings (SSSR count). The first-order valence-corrected chi connectivity index (χ1v) is 8.54. The lowest BCUT2D eigenvalue weighted by atomic mass is 10.3. The predicted molar refractivity (Wildman–Crippen MR) is 81.7 cm³/mol. The van der Waals surface area contributed by atoms with Crippen LogP contribution >= 0.6 is 0 Å². The summed E-state index contributed by atoms with van der Waals surface area (Å²) in [6.07, 6.45) is 2.18. The average Bonchev–Trinajstić information content (AvgIpc) is 2.96. The van der Waals surface area contributed by atoms with Crippen LogP contribution in [-0.2, 0) is 10.2 Å². The molecule has 2 fully saturated rings. The van der Waals surface area contributed by atoms with Crippen molar-refractivity contribution in [3.8, 4) is 0 Å². The monoisotopic (exact) mass is 307 g/mol. The zero-order chi connectivity index (χ0) is 15.3. The minimum absolute atomic E-state index is 0.0463. The lowest BCUT2D eigenvalue weighted by Gasteiger charge is -2.20. The molecule has 0 aliphatic carbocycles. The zero-order valence-corrected chi connectivity index (χ0v) is 13.9. The van der Waals surface area contributed by atoms with E-state index in [-0.39, 0.29) is 6.04 Å². The maximum absolute atomic E-state index is 10.9. The molecule has 0 amide bonds. The number of likely N-dealkylation sites (N-methyl/N-ethyl adjacent to an activating group) is 4. The van der Waals surface area contributed by atoms with Crippen molar-refractivity contribution in [3.05, 3.63) is 0 Å². The number of nitrogens with two attached hydrogens (primary N) is 1. The summed E-state index contributed by atoms with van der Waals surface area (Å²) in [5, 5.41) is 8.24. The van der Waals surface area contributed by atoms with Gasteiger partial charge < -0.3 is 15.1 Å². The van der Waals surface area contributed by atoms with Crippen LogP contribution in [0.15, 0.2) is 0 Å². The molecule has 2 aliphatic heterocycles. The number of hydrogen-bond donors (Lipinski definition) is 2. The normalized spacial score (nSPS) is 28.7. The van der Waals surface area contributed by atoms with Gasteiger partial charge in [-0.25, -0.2) is 5.14 Å². The van der Waals surface area contributed by atoms with Gasteiger partial charge in [0, 0.05) is 32.2 Å². The second-order valence-electron chi connectivity index (χ2n) is 5.80. The Balaban J connectivity index is 0.000000217. The largest absolute Gasteiger partial charge is 0.316 e. The Labute approximate surface area is 123 Å². The predicted octanol–water partition coefficient (Wildman–Crippen LogP) is -1.26. The molecule has 8 heteroatoms. The van der Waals surface area contributed by atoms with Crippen molar-refractivity contribution in [1.29, 1.82) is 0 Å². The minimum Gasteiger partial charge on any atom is -0.316 e. The van der Waals surface area contributed by atoms with E-state index in [4.69, 9.17) is 5.14 Å². The fourth-order valence-electron chi connectivity index (χ4n) is 2.59. The van der Waals surface area contributed by atoms with E-state index >= 15 is 0 Å². The van der Waals surface area contributed by atoms with Gasteiger partial charge in [0.05, 0.1) is 0 Å². The lowest BCUT2D eigenvalue weighted by molar-refractivity contribution is 0.346. The third-order valence-electron chi connectivity index (χ3n) is 4.08. The molecule has 0 spiro atoms. The molecule has 2 saturated heterocycles. The Kier molecular flexibility index (Phi) is 6.83. The smallest absolute Gasteiger partial charge is 0.276 e. The van der Waals surface area contributed by atoms with Crippen LogP contribution in [0.1, 0.15) is 12.8 Å². The molecular formula is C12H29N5O2S. The van der Waals surface area contributed by atoms with Gasteiger partial charge in [-0.15, -0.1) is 0 Å². The summed E-state index contributed by atoms with van der Waals surface area (Å²) >= 11 is 0. The van der Waals surface area contributed by atoms with E-state index in [2.05, 4.69) is 22.2 Å². The third kappa shape index (κ3) is 5.63. The molecule has 2 atom stereocenters. The highest BCUT2D eigenvalue weighted by Crippen LogP contribution is 2.13. The summed E-state index contributed by atoms with van der Waals surface area (Å²) in [6, 6.07) is 0.796. The molecule has 0 bridgehead atoms. The topological polar surface area (TPSA) is 81.9 Å². The van der Waals surface area contributed by atoms with Gasteiger partial charge >= 0.3 is 0 Å². The van der Waals surface area contributed by atoms with Crippen LogP contribution in [-0.4, -0.2) is 89.0 Å². The fraction of sp³-hybridized carbons (Fsp3) is 1.00. The van der Waals surface area contributed by atoms with Gasteiger partial charge in [0.2, 0.25) is 0 Å². The first-order chi connectivity index (χ1) is 9.24. The van der Waals surface area contributed by atoms with Crippen molar-refractivity contribution in [1.82, 2.24) is 19.4 Å². The van der Waals surface area contributed by atoms with Crippen molar-refractivity contribution in [2.24, 2.45) is 5.14 Å². The van der Waals surface area contributed by atoms with Crippen LogP contribution in [0.25, 0.3) is 0 Å². The Hall–Kier alpha value is -0.250. The molecular weight excluding hydrogens is 278 g/mol. The van der Waals surface area contributed by atoms with Crippen LogP contribution in [0, 0.1) is 0 Å². The summed E-state index contributed by atoms with van der Waals surface area (Å²) < 4.78 is 23.1. The van der Waals surface area contributed by atoms with Crippen molar-refractivity contribution in [2.45, 2.75) is 24.9 Å². The molecule has 2 heterocycles. The Morgan fingerprint density at radius 2 is 1.70 bits per heavy atom. The van der Waals surface area contributed by atoms with Crippen molar-refractivity contribution < 1.29 is 8.42 Å². The van der Waals surface area contributed by atoms with Gasteiger partial charge in [-0.1, -0.05) is 0 Å². The van der Waals surface area contributed by atoms with Gasteiger partial charge in [0.15, 0.2) is 0 Å². The summed E-state index contributed by atoms with van der Waals surface area (Å²) in [5.74, 6) is 0. The van der Waals surface area contributed by atoms with Crippen molar-refractivity contribution in [3.63, 3.8) is 0 Å². The van der Waals surface area contributed by atoms with E-state index < -0.39 is 10.2 Å². The molecule has 2 unspecified atom stereocenters. The standard InChI is InChI=1S/C6H15N3O2S.C6H14N2/c1-8-4-3-6(5-8)9(2)12(7,10)11;1-7-6-3-4-8(2)5-6/h6H,3-5H2,1-2H3,(H2,7,10,11);6-7H,3-5H2,1-2H3. The third-order valence-corrected chi connectivity index (χ3v) is 5.18. The summed E-state index contributed by atoms with van der Waals surface area (Å²) in [5.41, 5.74) is 0. The molecule has 7 nitrogen and oxygen atoms in total. The van der Waals surface area contributed by atoms with Crippen LogP contribution in [0.2, 0.25) is 0 Å². The first-order valence-electron chi connectivity index (χ1n) is 7.04. The van der Waals surface area contributed by atoms with Gasteiger partial charge in [0.1, 0.15) is 0 Å². The second kappa shape index (κ2) is 7.67. The zero-order valence-electron chi connectivity index (χ0n) is 13.0. The van der Waals surface area contributed by atoms with Crippen molar-refractivity contribution in [2.75, 3.05) is 54.4 Å². The fourth-order valence-corrected chi connectivity index (χ4v) is 3.17.